The van der Waals surface area contributed by atoms with Crippen LogP contribution in [0.1, 0.15) is 278 Å². The predicted octanol–water partition coefficient (Wildman–Crippen LogP) is 23.4. The molecule has 0 aromatic heterocycles. The van der Waals surface area contributed by atoms with Gasteiger partial charge in [0.05, 0.1) is 0 Å². The van der Waals surface area contributed by atoms with Gasteiger partial charge in [-0.05, 0) is 148 Å². The Hall–Kier alpha value is -5.23. The highest BCUT2D eigenvalue weighted by Crippen LogP contribution is 2.15. The van der Waals surface area contributed by atoms with Crippen LogP contribution in [-0.2, 0) is 28.6 Å². The van der Waals surface area contributed by atoms with Crippen molar-refractivity contribution in [3.05, 3.63) is 170 Å². The highest BCUT2D eigenvalue weighted by molar-refractivity contribution is 5.71. The molecule has 0 saturated carbocycles. The van der Waals surface area contributed by atoms with Crippen molar-refractivity contribution in [2.75, 3.05) is 13.2 Å². The van der Waals surface area contributed by atoms with Crippen molar-refractivity contribution in [3.63, 3.8) is 0 Å². The highest BCUT2D eigenvalue weighted by atomic mass is 16.6. The minimum Gasteiger partial charge on any atom is -0.462 e. The molecule has 0 aliphatic rings. The van der Waals surface area contributed by atoms with Gasteiger partial charge < -0.3 is 14.2 Å². The zero-order valence-corrected chi connectivity index (χ0v) is 53.4. The van der Waals surface area contributed by atoms with Crippen molar-refractivity contribution < 1.29 is 28.6 Å². The number of rotatable bonds is 59. The second-order valence-electron chi connectivity index (χ2n) is 21.6. The van der Waals surface area contributed by atoms with Crippen LogP contribution in [0.25, 0.3) is 0 Å². The average molecular weight is 1140 g/mol. The Kier molecular flexibility index (Phi) is 64.9. The van der Waals surface area contributed by atoms with Gasteiger partial charge in [-0.2, -0.15) is 0 Å². The monoisotopic (exact) mass is 1140 g/mol. The van der Waals surface area contributed by atoms with Gasteiger partial charge in [-0.1, -0.05) is 281 Å². The minimum atomic E-state index is -0.826. The van der Waals surface area contributed by atoms with E-state index in [4.69, 9.17) is 14.2 Å². The van der Waals surface area contributed by atoms with E-state index in [0.717, 1.165) is 148 Å². The smallest absolute Gasteiger partial charge is 0.306 e. The summed E-state index contributed by atoms with van der Waals surface area (Å²) in [5.74, 6) is -0.993. The molecule has 1 unspecified atom stereocenters. The molecule has 0 radical (unpaired) electrons. The van der Waals surface area contributed by atoms with Crippen LogP contribution in [0.4, 0.5) is 0 Å². The first-order valence-electron chi connectivity index (χ1n) is 33.6. The third-order valence-corrected chi connectivity index (χ3v) is 13.7. The molecular weight excluding hydrogens is 1020 g/mol. The fourth-order valence-electron chi connectivity index (χ4n) is 8.72. The van der Waals surface area contributed by atoms with E-state index in [0.29, 0.717) is 19.3 Å². The molecule has 466 valence electrons. The van der Waals surface area contributed by atoms with E-state index in [1.54, 1.807) is 0 Å². The standard InChI is InChI=1S/C77H122O6/c1-4-7-10-13-16-19-22-25-28-30-32-34-36-37-38-39-41-42-44-46-49-52-55-58-61-64-67-70-76(79)82-73-74(72-81-75(78)69-66-63-60-57-54-51-48-27-24-21-18-15-12-9-6-3)83-77(80)71-68-65-62-59-56-53-50-47-45-43-40-35-33-31-29-26-23-20-17-14-11-8-5-2/h7-8,10-11,16-21,25-29,32-35,37-38,43,45,48,50,53,59,62,74H,4-6,9,12-15,22-24,30-31,36,39-42,44,46-47,49,51-52,54-58,60-61,63-73H2,1-3H3/b10-7-,11-8-,19-16-,20-17-,21-18-,28-25-,29-26-,34-32-,35-33-,38-37-,45-43-,48-27-,53-50-,62-59-. The molecular formula is C77H122O6. The second kappa shape index (κ2) is 69.3. The van der Waals surface area contributed by atoms with Crippen LogP contribution in [0.3, 0.4) is 0 Å². The zero-order valence-electron chi connectivity index (χ0n) is 53.4. The number of unbranched alkanes of at least 4 members (excludes halogenated alkanes) is 20. The fraction of sp³-hybridized carbons (Fsp3) is 0.597. The van der Waals surface area contributed by atoms with Gasteiger partial charge in [-0.3, -0.25) is 14.4 Å². The van der Waals surface area contributed by atoms with Crippen molar-refractivity contribution in [2.45, 2.75) is 284 Å². The average Bonchev–Trinajstić information content (AvgIpc) is 3.49. The van der Waals surface area contributed by atoms with E-state index in [-0.39, 0.29) is 37.5 Å². The molecule has 0 heterocycles. The molecule has 0 aliphatic carbocycles. The van der Waals surface area contributed by atoms with E-state index in [9.17, 15) is 14.4 Å². The largest absolute Gasteiger partial charge is 0.462 e. The Bertz CT molecular complexity index is 1890. The summed E-state index contributed by atoms with van der Waals surface area (Å²) in [5, 5.41) is 0. The number of allylic oxidation sites excluding steroid dienone is 28. The highest BCUT2D eigenvalue weighted by Gasteiger charge is 2.19. The van der Waals surface area contributed by atoms with Gasteiger partial charge in [0.2, 0.25) is 0 Å². The maximum Gasteiger partial charge on any atom is 0.306 e. The first kappa shape index (κ1) is 77.8. The van der Waals surface area contributed by atoms with Gasteiger partial charge >= 0.3 is 17.9 Å². The van der Waals surface area contributed by atoms with Crippen LogP contribution in [0, 0.1) is 0 Å². The summed E-state index contributed by atoms with van der Waals surface area (Å²) < 4.78 is 16.9. The summed E-state index contributed by atoms with van der Waals surface area (Å²) in [4.78, 5) is 38.4. The van der Waals surface area contributed by atoms with E-state index >= 15 is 0 Å². The summed E-state index contributed by atoms with van der Waals surface area (Å²) in [5.41, 5.74) is 0. The van der Waals surface area contributed by atoms with Crippen molar-refractivity contribution in [3.8, 4) is 0 Å². The van der Waals surface area contributed by atoms with Gasteiger partial charge in [0.25, 0.3) is 0 Å². The lowest BCUT2D eigenvalue weighted by Crippen LogP contribution is -2.30. The van der Waals surface area contributed by atoms with Crippen LogP contribution in [-0.4, -0.2) is 37.2 Å². The molecule has 0 saturated heterocycles. The quantitative estimate of drug-likeness (QED) is 0.0261. The molecule has 0 bridgehead atoms. The first-order chi connectivity index (χ1) is 41.0. The molecule has 0 rings (SSSR count). The Morgan fingerprint density at radius 1 is 0.253 bits per heavy atom. The Labute approximate surface area is 511 Å². The topological polar surface area (TPSA) is 78.9 Å². The third kappa shape index (κ3) is 67.4. The Morgan fingerprint density at radius 2 is 0.482 bits per heavy atom. The van der Waals surface area contributed by atoms with E-state index in [1.165, 1.54) is 83.5 Å². The third-order valence-electron chi connectivity index (χ3n) is 13.7. The van der Waals surface area contributed by atoms with Gasteiger partial charge in [0, 0.05) is 19.3 Å². The van der Waals surface area contributed by atoms with E-state index in [1.807, 2.05) is 0 Å². The van der Waals surface area contributed by atoms with Gasteiger partial charge in [0.1, 0.15) is 13.2 Å². The lowest BCUT2D eigenvalue weighted by molar-refractivity contribution is -0.167. The van der Waals surface area contributed by atoms with Crippen molar-refractivity contribution in [1.29, 1.82) is 0 Å². The SMILES string of the molecule is CC/C=C\C/C=C\C/C=C\C/C=C\C/C=C\C/C=C\C/C=C\CCCC(=O)OC(COC(=O)CCCCCCC/C=C\C/C=C\CCCCC)COC(=O)CCCCCCCCCCCCC/C=C\C/C=C\C/C=C\C/C=C\C/C=C\CC. The van der Waals surface area contributed by atoms with Crippen LogP contribution < -0.4 is 0 Å². The number of ether oxygens (including phenoxy) is 3. The molecule has 0 aromatic carbocycles. The minimum absolute atomic E-state index is 0.114. The van der Waals surface area contributed by atoms with E-state index < -0.39 is 6.10 Å². The maximum absolute atomic E-state index is 12.9. The Balaban J connectivity index is 4.48. The summed E-state index contributed by atoms with van der Waals surface area (Å²) in [6.07, 6.45) is 102. The van der Waals surface area contributed by atoms with Crippen molar-refractivity contribution >= 4 is 17.9 Å². The summed E-state index contributed by atoms with van der Waals surface area (Å²) in [6.45, 7) is 6.33. The molecule has 83 heavy (non-hydrogen) atoms. The maximum atomic E-state index is 12.9. The molecule has 0 aliphatic heterocycles. The van der Waals surface area contributed by atoms with Crippen molar-refractivity contribution in [1.82, 2.24) is 0 Å². The number of hydrogen-bond acceptors (Lipinski definition) is 6. The second-order valence-corrected chi connectivity index (χ2v) is 21.6. The Morgan fingerprint density at radius 3 is 0.771 bits per heavy atom. The summed E-state index contributed by atoms with van der Waals surface area (Å²) in [6, 6.07) is 0. The van der Waals surface area contributed by atoms with Crippen molar-refractivity contribution in [2.24, 2.45) is 0 Å². The number of carbonyl (C=O) groups excluding carboxylic acids is 3. The van der Waals surface area contributed by atoms with Crippen LogP contribution in [0.5, 0.6) is 0 Å². The van der Waals surface area contributed by atoms with Gasteiger partial charge in [-0.25, -0.2) is 0 Å². The van der Waals surface area contributed by atoms with Gasteiger partial charge in [-0.15, -0.1) is 0 Å². The normalized spacial score (nSPS) is 13.2. The number of hydrogen-bond donors (Lipinski definition) is 0. The van der Waals surface area contributed by atoms with Crippen LogP contribution in [0.2, 0.25) is 0 Å². The zero-order chi connectivity index (χ0) is 59.9. The molecule has 0 spiro atoms. The molecule has 1 atom stereocenters. The van der Waals surface area contributed by atoms with Gasteiger partial charge in [0.15, 0.2) is 6.10 Å². The summed E-state index contributed by atoms with van der Waals surface area (Å²) in [7, 11) is 0. The molecule has 0 N–H and O–H groups in total. The van der Waals surface area contributed by atoms with E-state index in [2.05, 4.69) is 191 Å². The number of esters is 3. The lowest BCUT2D eigenvalue weighted by atomic mass is 10.0. The lowest BCUT2D eigenvalue weighted by Gasteiger charge is -2.18. The fourth-order valence-corrected chi connectivity index (χ4v) is 8.72. The predicted molar refractivity (Wildman–Crippen MR) is 361 cm³/mol. The summed E-state index contributed by atoms with van der Waals surface area (Å²) >= 11 is 0. The molecule has 0 amide bonds. The molecule has 0 aromatic rings. The number of carbonyl (C=O) groups is 3. The molecule has 6 nitrogen and oxygen atoms in total. The first-order valence-corrected chi connectivity index (χ1v) is 33.6. The molecule has 6 heteroatoms. The molecule has 0 fully saturated rings. The van der Waals surface area contributed by atoms with Crippen LogP contribution >= 0.6 is 0 Å². The van der Waals surface area contributed by atoms with Crippen LogP contribution in [0.15, 0.2) is 170 Å².